The molecule has 0 bridgehead atoms. The molecule has 0 aliphatic carbocycles. The van der Waals surface area contributed by atoms with Crippen LogP contribution in [0.25, 0.3) is 11.1 Å². The Hall–Kier alpha value is -2.62. The van der Waals surface area contributed by atoms with Crippen LogP contribution in [-0.2, 0) is 17.6 Å². The number of oxazole rings is 1. The Morgan fingerprint density at radius 1 is 1.10 bits per heavy atom. The Balaban J connectivity index is 1.51. The van der Waals surface area contributed by atoms with Crippen molar-refractivity contribution in [3.63, 3.8) is 0 Å². The van der Waals surface area contributed by atoms with Crippen LogP contribution in [0, 0.1) is 0 Å². The molecule has 0 atom stereocenters. The number of carbonyl (C=O) groups is 1. The highest BCUT2D eigenvalue weighted by Gasteiger charge is 2.05. The van der Waals surface area contributed by atoms with Gasteiger partial charge in [0.25, 0.3) is 0 Å². The SMILES string of the molecule is O=C(Cc1ccc2ncoc2c1)NCCc1ccccc1. The van der Waals surface area contributed by atoms with Gasteiger partial charge in [0.05, 0.1) is 6.42 Å². The number of nitrogens with one attached hydrogen (secondary N) is 1. The molecule has 4 nitrogen and oxygen atoms in total. The lowest BCUT2D eigenvalue weighted by atomic mass is 10.1. The number of aromatic nitrogens is 1. The average Bonchev–Trinajstić information content (AvgIpc) is 2.96. The van der Waals surface area contributed by atoms with Crippen LogP contribution in [0.1, 0.15) is 11.1 Å². The summed E-state index contributed by atoms with van der Waals surface area (Å²) in [6.07, 6.45) is 2.60. The van der Waals surface area contributed by atoms with Crippen LogP contribution in [-0.4, -0.2) is 17.4 Å². The maximum Gasteiger partial charge on any atom is 0.224 e. The van der Waals surface area contributed by atoms with Crippen LogP contribution in [0.4, 0.5) is 0 Å². The van der Waals surface area contributed by atoms with E-state index >= 15 is 0 Å². The molecule has 1 heterocycles. The molecule has 21 heavy (non-hydrogen) atoms. The summed E-state index contributed by atoms with van der Waals surface area (Å²) in [6, 6.07) is 15.7. The lowest BCUT2D eigenvalue weighted by Gasteiger charge is -2.05. The molecule has 1 amide bonds. The second-order valence-corrected chi connectivity index (χ2v) is 4.92. The van der Waals surface area contributed by atoms with Crippen molar-refractivity contribution >= 4 is 17.0 Å². The quantitative estimate of drug-likeness (QED) is 0.782. The highest BCUT2D eigenvalue weighted by atomic mass is 16.3. The van der Waals surface area contributed by atoms with E-state index < -0.39 is 0 Å². The Bertz CT molecular complexity index is 735. The predicted octanol–water partition coefficient (Wildman–Crippen LogP) is 2.73. The molecule has 2 aromatic carbocycles. The van der Waals surface area contributed by atoms with Crippen molar-refractivity contribution in [3.05, 3.63) is 66.1 Å². The summed E-state index contributed by atoms with van der Waals surface area (Å²) < 4.78 is 5.24. The summed E-state index contributed by atoms with van der Waals surface area (Å²) in [5.74, 6) is 0.0183. The Morgan fingerprint density at radius 2 is 1.95 bits per heavy atom. The monoisotopic (exact) mass is 280 g/mol. The molecule has 0 fully saturated rings. The average molecular weight is 280 g/mol. The van der Waals surface area contributed by atoms with Crippen LogP contribution < -0.4 is 5.32 Å². The zero-order valence-corrected chi connectivity index (χ0v) is 11.6. The zero-order chi connectivity index (χ0) is 14.5. The topological polar surface area (TPSA) is 55.1 Å². The van der Waals surface area contributed by atoms with Crippen molar-refractivity contribution in [1.29, 1.82) is 0 Å². The molecule has 3 aromatic rings. The molecule has 106 valence electrons. The summed E-state index contributed by atoms with van der Waals surface area (Å²) in [7, 11) is 0. The number of carbonyl (C=O) groups excluding carboxylic acids is 1. The Morgan fingerprint density at radius 3 is 2.81 bits per heavy atom. The van der Waals surface area contributed by atoms with Gasteiger partial charge >= 0.3 is 0 Å². The molecule has 0 aliphatic heterocycles. The van der Waals surface area contributed by atoms with Gasteiger partial charge in [-0.1, -0.05) is 36.4 Å². The fraction of sp³-hybridized carbons (Fsp3) is 0.176. The fourth-order valence-electron chi connectivity index (χ4n) is 2.25. The summed E-state index contributed by atoms with van der Waals surface area (Å²) in [6.45, 7) is 0.646. The highest BCUT2D eigenvalue weighted by molar-refractivity contribution is 5.80. The molecule has 0 unspecified atom stereocenters. The van der Waals surface area contributed by atoms with E-state index in [0.29, 0.717) is 18.5 Å². The summed E-state index contributed by atoms with van der Waals surface area (Å²) in [4.78, 5) is 16.0. The third-order valence-electron chi connectivity index (χ3n) is 3.34. The van der Waals surface area contributed by atoms with Crippen LogP contribution in [0.2, 0.25) is 0 Å². The van der Waals surface area contributed by atoms with Crippen LogP contribution in [0.5, 0.6) is 0 Å². The first-order chi connectivity index (χ1) is 10.3. The molecule has 1 aromatic heterocycles. The van der Waals surface area contributed by atoms with Crippen molar-refractivity contribution in [2.75, 3.05) is 6.54 Å². The molecule has 3 rings (SSSR count). The standard InChI is InChI=1S/C17H16N2O2/c20-17(18-9-8-13-4-2-1-3-5-13)11-14-6-7-15-16(10-14)21-12-19-15/h1-7,10,12H,8-9,11H2,(H,18,20). The van der Waals surface area contributed by atoms with E-state index in [2.05, 4.69) is 22.4 Å². The van der Waals surface area contributed by atoms with Crippen molar-refractivity contribution in [2.45, 2.75) is 12.8 Å². The van der Waals surface area contributed by atoms with E-state index in [-0.39, 0.29) is 5.91 Å². The van der Waals surface area contributed by atoms with Crippen molar-refractivity contribution < 1.29 is 9.21 Å². The number of fused-ring (bicyclic) bond motifs is 1. The maximum absolute atomic E-state index is 11.9. The number of nitrogens with zero attached hydrogens (tertiary/aromatic N) is 1. The molecule has 4 heteroatoms. The highest BCUT2D eigenvalue weighted by Crippen LogP contribution is 2.14. The number of benzene rings is 2. The van der Waals surface area contributed by atoms with E-state index in [1.165, 1.54) is 12.0 Å². The van der Waals surface area contributed by atoms with Crippen LogP contribution in [0.3, 0.4) is 0 Å². The predicted molar refractivity (Wildman–Crippen MR) is 80.9 cm³/mol. The molecular weight excluding hydrogens is 264 g/mol. The van der Waals surface area contributed by atoms with Crippen molar-refractivity contribution in [1.82, 2.24) is 10.3 Å². The second-order valence-electron chi connectivity index (χ2n) is 4.92. The maximum atomic E-state index is 11.9. The largest absolute Gasteiger partial charge is 0.443 e. The molecular formula is C17H16N2O2. The van der Waals surface area contributed by atoms with Gasteiger partial charge < -0.3 is 9.73 Å². The number of amides is 1. The van der Waals surface area contributed by atoms with Gasteiger partial charge in [-0.05, 0) is 29.7 Å². The van der Waals surface area contributed by atoms with Crippen molar-refractivity contribution in [2.24, 2.45) is 0 Å². The number of hydrogen-bond acceptors (Lipinski definition) is 3. The summed E-state index contributed by atoms with van der Waals surface area (Å²) in [5, 5.41) is 2.94. The Labute approximate surface area is 122 Å². The molecule has 0 saturated carbocycles. The van der Waals surface area contributed by atoms with Gasteiger partial charge in [-0.3, -0.25) is 4.79 Å². The van der Waals surface area contributed by atoms with E-state index in [4.69, 9.17) is 4.42 Å². The first-order valence-electron chi connectivity index (χ1n) is 6.94. The second kappa shape index (κ2) is 6.22. The summed E-state index contributed by atoms with van der Waals surface area (Å²) >= 11 is 0. The molecule has 0 spiro atoms. The summed E-state index contributed by atoms with van der Waals surface area (Å²) in [5.41, 5.74) is 3.67. The van der Waals surface area contributed by atoms with E-state index in [0.717, 1.165) is 17.5 Å². The molecule has 0 saturated heterocycles. The molecule has 1 N–H and O–H groups in total. The van der Waals surface area contributed by atoms with Gasteiger partial charge in [0.1, 0.15) is 5.52 Å². The van der Waals surface area contributed by atoms with E-state index in [1.807, 2.05) is 36.4 Å². The number of hydrogen-bond donors (Lipinski definition) is 1. The smallest absolute Gasteiger partial charge is 0.224 e. The molecule has 0 radical (unpaired) electrons. The first-order valence-corrected chi connectivity index (χ1v) is 6.94. The van der Waals surface area contributed by atoms with Gasteiger partial charge in [-0.15, -0.1) is 0 Å². The van der Waals surface area contributed by atoms with E-state index in [1.54, 1.807) is 0 Å². The number of rotatable bonds is 5. The van der Waals surface area contributed by atoms with Gasteiger partial charge in [-0.2, -0.15) is 0 Å². The minimum Gasteiger partial charge on any atom is -0.443 e. The minimum absolute atomic E-state index is 0.0183. The molecule has 0 aliphatic rings. The van der Waals surface area contributed by atoms with Gasteiger partial charge in [0.2, 0.25) is 5.91 Å². The van der Waals surface area contributed by atoms with Crippen molar-refractivity contribution in [3.8, 4) is 0 Å². The van der Waals surface area contributed by atoms with Crippen LogP contribution >= 0.6 is 0 Å². The van der Waals surface area contributed by atoms with E-state index in [9.17, 15) is 4.79 Å². The van der Waals surface area contributed by atoms with Crippen LogP contribution in [0.15, 0.2) is 59.3 Å². The third-order valence-corrected chi connectivity index (χ3v) is 3.34. The van der Waals surface area contributed by atoms with Gasteiger partial charge in [0, 0.05) is 6.54 Å². The first kappa shape index (κ1) is 13.4. The Kier molecular flexibility index (Phi) is 3.96. The normalized spacial score (nSPS) is 10.7. The zero-order valence-electron chi connectivity index (χ0n) is 11.6. The van der Waals surface area contributed by atoms with Gasteiger partial charge in [0.15, 0.2) is 12.0 Å². The lowest BCUT2D eigenvalue weighted by Crippen LogP contribution is -2.27. The fourth-order valence-corrected chi connectivity index (χ4v) is 2.25. The lowest BCUT2D eigenvalue weighted by molar-refractivity contribution is -0.120. The third kappa shape index (κ3) is 3.48. The minimum atomic E-state index is 0.0183. The van der Waals surface area contributed by atoms with Gasteiger partial charge in [-0.25, -0.2) is 4.98 Å².